The van der Waals surface area contributed by atoms with E-state index < -0.39 is 0 Å². The molecule has 0 atom stereocenters. The van der Waals surface area contributed by atoms with Gasteiger partial charge in [0.1, 0.15) is 11.6 Å². The predicted molar refractivity (Wildman–Crippen MR) is 54.6 cm³/mol. The number of aromatic amines is 1. The molecule has 5 nitrogen and oxygen atoms in total. The van der Waals surface area contributed by atoms with Crippen LogP contribution in [0.1, 0.15) is 5.82 Å². The highest BCUT2D eigenvalue weighted by Crippen LogP contribution is 2.05. The molecule has 0 saturated carbocycles. The van der Waals surface area contributed by atoms with Gasteiger partial charge in [0, 0.05) is 18.6 Å². The van der Waals surface area contributed by atoms with Crippen LogP contribution in [0.25, 0.3) is 0 Å². The Hall–Kier alpha value is -2.04. The van der Waals surface area contributed by atoms with Gasteiger partial charge in [-0.1, -0.05) is 0 Å². The molecule has 0 aliphatic carbocycles. The molecule has 0 aliphatic heterocycles. The number of anilines is 2. The average molecular weight is 189 g/mol. The molecule has 2 heterocycles. The summed E-state index contributed by atoms with van der Waals surface area (Å²) in [7, 11) is 0. The van der Waals surface area contributed by atoms with Crippen LogP contribution >= 0.6 is 0 Å². The Bertz CT molecular complexity index is 395. The second-order valence-corrected chi connectivity index (χ2v) is 2.85. The van der Waals surface area contributed by atoms with Crippen LogP contribution < -0.4 is 11.1 Å². The van der Waals surface area contributed by atoms with Gasteiger partial charge >= 0.3 is 0 Å². The van der Waals surface area contributed by atoms with Crippen molar-refractivity contribution in [1.29, 1.82) is 0 Å². The van der Waals surface area contributed by atoms with Crippen molar-refractivity contribution in [3.05, 3.63) is 36.5 Å². The van der Waals surface area contributed by atoms with Crippen LogP contribution in [-0.4, -0.2) is 15.0 Å². The molecule has 0 aromatic carbocycles. The summed E-state index contributed by atoms with van der Waals surface area (Å²) in [4.78, 5) is 11.1. The lowest BCUT2D eigenvalue weighted by Crippen LogP contribution is -2.04. The van der Waals surface area contributed by atoms with E-state index in [0.29, 0.717) is 18.2 Å². The third kappa shape index (κ3) is 2.01. The maximum atomic E-state index is 5.52. The van der Waals surface area contributed by atoms with Gasteiger partial charge in [-0.2, -0.15) is 0 Å². The zero-order valence-corrected chi connectivity index (χ0v) is 7.57. The number of hydrogen-bond acceptors (Lipinski definition) is 4. The molecule has 0 aliphatic rings. The van der Waals surface area contributed by atoms with Crippen LogP contribution in [0, 0.1) is 0 Å². The molecule has 0 radical (unpaired) electrons. The molecule has 0 saturated heterocycles. The van der Waals surface area contributed by atoms with Crippen LogP contribution in [0.5, 0.6) is 0 Å². The van der Waals surface area contributed by atoms with Crippen molar-refractivity contribution in [3.63, 3.8) is 0 Å². The average Bonchev–Trinajstić information content (AvgIpc) is 2.67. The summed E-state index contributed by atoms with van der Waals surface area (Å²) >= 11 is 0. The minimum absolute atomic E-state index is 0.492. The molecular formula is C9H11N5. The van der Waals surface area contributed by atoms with E-state index in [9.17, 15) is 0 Å². The molecule has 0 spiro atoms. The normalized spacial score (nSPS) is 10.0. The molecule has 4 N–H and O–H groups in total. The van der Waals surface area contributed by atoms with Crippen LogP contribution in [0.15, 0.2) is 30.7 Å². The molecular weight excluding hydrogens is 178 g/mol. The Morgan fingerprint density at radius 3 is 3.07 bits per heavy atom. The highest BCUT2D eigenvalue weighted by molar-refractivity contribution is 5.40. The van der Waals surface area contributed by atoms with Gasteiger partial charge in [0.2, 0.25) is 0 Å². The van der Waals surface area contributed by atoms with Crippen molar-refractivity contribution in [2.45, 2.75) is 6.54 Å². The first-order valence-electron chi connectivity index (χ1n) is 4.28. The molecule has 0 amide bonds. The molecule has 2 aromatic heterocycles. The Morgan fingerprint density at radius 1 is 1.43 bits per heavy atom. The monoisotopic (exact) mass is 189 g/mol. The van der Waals surface area contributed by atoms with E-state index in [1.807, 2.05) is 18.5 Å². The Morgan fingerprint density at radius 2 is 2.36 bits per heavy atom. The molecule has 14 heavy (non-hydrogen) atoms. The van der Waals surface area contributed by atoms with E-state index in [2.05, 4.69) is 20.3 Å². The van der Waals surface area contributed by atoms with Gasteiger partial charge in [-0.3, -0.25) is 0 Å². The first-order chi connectivity index (χ1) is 6.84. The van der Waals surface area contributed by atoms with Gasteiger partial charge in [0.25, 0.3) is 0 Å². The van der Waals surface area contributed by atoms with Gasteiger partial charge in [-0.25, -0.2) is 9.97 Å². The van der Waals surface area contributed by atoms with Crippen molar-refractivity contribution in [2.75, 3.05) is 11.1 Å². The summed E-state index contributed by atoms with van der Waals surface area (Å²) in [5.74, 6) is 1.18. The smallest absolute Gasteiger partial charge is 0.149 e. The number of nitrogens with one attached hydrogen (secondary N) is 2. The number of H-pyrrole nitrogens is 1. The summed E-state index contributed by atoms with van der Waals surface area (Å²) in [6.45, 7) is 0.572. The van der Waals surface area contributed by atoms with Gasteiger partial charge in [-0.15, -0.1) is 0 Å². The lowest BCUT2D eigenvalue weighted by Gasteiger charge is -2.02. The van der Waals surface area contributed by atoms with Crippen molar-refractivity contribution >= 4 is 11.5 Å². The Kier molecular flexibility index (Phi) is 2.31. The van der Waals surface area contributed by atoms with E-state index in [1.54, 1.807) is 12.3 Å². The lowest BCUT2D eigenvalue weighted by molar-refractivity contribution is 0.954. The maximum absolute atomic E-state index is 5.52. The Labute approximate surface area is 81.4 Å². The van der Waals surface area contributed by atoms with Crippen LogP contribution in [0.3, 0.4) is 0 Å². The fraction of sp³-hybridized carbons (Fsp3) is 0.111. The van der Waals surface area contributed by atoms with Crippen molar-refractivity contribution in [2.24, 2.45) is 0 Å². The summed E-state index contributed by atoms with van der Waals surface area (Å²) in [5.41, 5.74) is 6.53. The van der Waals surface area contributed by atoms with E-state index >= 15 is 0 Å². The molecule has 0 unspecified atom stereocenters. The topological polar surface area (TPSA) is 79.6 Å². The number of aromatic nitrogens is 3. The molecule has 0 bridgehead atoms. The van der Waals surface area contributed by atoms with Crippen LogP contribution in [-0.2, 0) is 6.54 Å². The SMILES string of the molecule is Nc1ccnc(CNc2cc[nH]c2)n1. The van der Waals surface area contributed by atoms with Gasteiger partial charge in [0.15, 0.2) is 0 Å². The standard InChI is InChI=1S/C9H11N5/c10-8-2-4-12-9(14-8)6-13-7-1-3-11-5-7/h1-5,11,13H,6H2,(H2,10,12,14). The van der Waals surface area contributed by atoms with Crippen LogP contribution in [0.2, 0.25) is 0 Å². The van der Waals surface area contributed by atoms with E-state index in [4.69, 9.17) is 5.73 Å². The fourth-order valence-electron chi connectivity index (χ4n) is 1.11. The zero-order valence-electron chi connectivity index (χ0n) is 7.57. The molecule has 2 rings (SSSR count). The first kappa shape index (κ1) is 8.55. The highest BCUT2D eigenvalue weighted by atomic mass is 15.0. The maximum Gasteiger partial charge on any atom is 0.149 e. The van der Waals surface area contributed by atoms with Crippen molar-refractivity contribution in [3.8, 4) is 0 Å². The summed E-state index contributed by atoms with van der Waals surface area (Å²) in [6.07, 6.45) is 5.37. The third-order valence-electron chi connectivity index (χ3n) is 1.78. The first-order valence-corrected chi connectivity index (χ1v) is 4.28. The molecule has 2 aromatic rings. The van der Waals surface area contributed by atoms with Gasteiger partial charge in [-0.05, 0) is 12.1 Å². The summed E-state index contributed by atoms with van der Waals surface area (Å²) < 4.78 is 0. The number of rotatable bonds is 3. The Balaban J connectivity index is 1.98. The number of nitrogen functional groups attached to an aromatic ring is 1. The quantitative estimate of drug-likeness (QED) is 0.673. The summed E-state index contributed by atoms with van der Waals surface area (Å²) in [5, 5.41) is 3.16. The third-order valence-corrected chi connectivity index (χ3v) is 1.78. The van der Waals surface area contributed by atoms with Crippen molar-refractivity contribution < 1.29 is 0 Å². The number of nitrogens with two attached hydrogens (primary N) is 1. The van der Waals surface area contributed by atoms with Gasteiger partial charge < -0.3 is 16.0 Å². The molecule has 5 heteroatoms. The second kappa shape index (κ2) is 3.78. The molecule has 72 valence electrons. The fourth-order valence-corrected chi connectivity index (χ4v) is 1.11. The van der Waals surface area contributed by atoms with Gasteiger partial charge in [0.05, 0.1) is 12.2 Å². The number of hydrogen-bond donors (Lipinski definition) is 3. The van der Waals surface area contributed by atoms with E-state index in [-0.39, 0.29) is 0 Å². The number of nitrogens with zero attached hydrogens (tertiary/aromatic N) is 2. The summed E-state index contributed by atoms with van der Waals surface area (Å²) in [6, 6.07) is 3.60. The van der Waals surface area contributed by atoms with Crippen LogP contribution in [0.4, 0.5) is 11.5 Å². The van der Waals surface area contributed by atoms with E-state index in [0.717, 1.165) is 5.69 Å². The minimum atomic E-state index is 0.492. The largest absolute Gasteiger partial charge is 0.384 e. The predicted octanol–water partition coefficient (Wildman–Crippen LogP) is 0.999. The van der Waals surface area contributed by atoms with Crippen molar-refractivity contribution in [1.82, 2.24) is 15.0 Å². The lowest BCUT2D eigenvalue weighted by atomic mass is 10.4. The van der Waals surface area contributed by atoms with E-state index in [1.165, 1.54) is 0 Å². The zero-order chi connectivity index (χ0) is 9.80. The second-order valence-electron chi connectivity index (χ2n) is 2.85. The minimum Gasteiger partial charge on any atom is -0.384 e. The molecule has 0 fully saturated rings. The highest BCUT2D eigenvalue weighted by Gasteiger charge is 1.96.